The van der Waals surface area contributed by atoms with Crippen molar-refractivity contribution in [1.29, 1.82) is 0 Å². The Kier molecular flexibility index (Phi) is 31.1. The van der Waals surface area contributed by atoms with Crippen LogP contribution in [0.15, 0.2) is 97.1 Å². The van der Waals surface area contributed by atoms with Gasteiger partial charge in [-0.1, -0.05) is 76.0 Å². The number of aliphatic hydroxyl groups excluding tert-OH is 6. The Bertz CT molecular complexity index is 5270. The first-order valence-electron chi connectivity index (χ1n) is 45.1. The topological polar surface area (TPSA) is 532 Å². The minimum atomic E-state index is -2.29. The molecule has 0 radical (unpaired) electrons. The lowest BCUT2D eigenvalue weighted by Gasteiger charge is -2.54. The van der Waals surface area contributed by atoms with Gasteiger partial charge in [0.25, 0.3) is 0 Å². The number of hydrogen-bond donors (Lipinski definition) is 18. The second-order valence-corrected chi connectivity index (χ2v) is 37.4. The molecule has 4 saturated carbocycles. The van der Waals surface area contributed by atoms with Crippen molar-refractivity contribution in [3.8, 4) is 68.6 Å². The molecular formula is C95H117Cl2N9O26. The largest absolute Gasteiger partial charge is 0.508 e. The van der Waals surface area contributed by atoms with Crippen molar-refractivity contribution in [3.63, 3.8) is 0 Å². The van der Waals surface area contributed by atoms with Crippen LogP contribution in [0, 0.1) is 47.3 Å². The Morgan fingerprint density at radius 2 is 1.31 bits per heavy atom. The average Bonchev–Trinajstić information content (AvgIpc) is 0.751. The molecule has 6 fully saturated rings. The maximum absolute atomic E-state index is 16.9. The first-order valence-corrected chi connectivity index (χ1v) is 45.9. The van der Waals surface area contributed by atoms with E-state index in [1.165, 1.54) is 62.4 Å². The summed E-state index contributed by atoms with van der Waals surface area (Å²) < 4.78 is 51.4. The monoisotopic (exact) mass is 1870 g/mol. The molecule has 7 amide bonds. The standard InChI is InChI=1S/C95H117Cl2N9O26/c1-8-47(23-43(4)5)89(120)105-80-66(111)32-54(35-75(114)102-94(124)101-63-38-56(125-21-19-99-9-2)14-18-71(63)126-22-20-100-10-3)90(121)103-78-53-33-72(128-69-16-12-49(82(80)115)30-61(69)96)86(132-93-87(85(118)84(117)74(42-107)130-93)131-76-41-95(7,98)88(119)44(6)127-76)73(34-53)129-70-17-13-50(31-62(70)97)83(116)81-92(123)104-79(68(113)39-57-51-25-45-24-46(27-51)28-52(57)26-45)60-36-55(108)37-65(110)77(60)59-29-48(11-15-64(59)109)58(40-67(78)112)91(122)106-81/h11-18,29-31,33-34,36-38,43-47,51-52,54,57-58,74,76,78-85,87-88,93,99-100,107-110,115-119H,8-10,19-28,32,35,39-42,98H2,1-7H3,(H,103,121)(H,104,123)(H,105,120)(H,106,122)(H2,101,102,114,124)/t44-,45?,46?,47+,51?,52?,54-,57?,58+,74+,76-,78+,79-,80-,81-,82+,83+,84+,85-,87+,88+,93-,95-/m0/s1. The molecule has 0 spiro atoms. The summed E-state index contributed by atoms with van der Waals surface area (Å²) in [5.41, 5.74) is 3.50. The van der Waals surface area contributed by atoms with Gasteiger partial charge in [-0.25, -0.2) is 4.79 Å². The van der Waals surface area contributed by atoms with Crippen LogP contribution >= 0.6 is 23.2 Å². The number of nitrogens with one attached hydrogen (secondary N) is 8. The van der Waals surface area contributed by atoms with Crippen molar-refractivity contribution in [2.45, 2.75) is 223 Å². The highest BCUT2D eigenvalue weighted by Crippen LogP contribution is 2.59. The predicted molar refractivity (Wildman–Crippen MR) is 478 cm³/mol. The Morgan fingerprint density at radius 3 is 1.93 bits per heavy atom. The molecule has 6 aromatic rings. The van der Waals surface area contributed by atoms with Crippen LogP contribution in [0.4, 0.5) is 10.5 Å². The number of fused-ring (bicyclic) bond motifs is 15. The van der Waals surface area contributed by atoms with Gasteiger partial charge in [0.05, 0.1) is 46.4 Å². The third-order valence-electron chi connectivity index (χ3n) is 26.6. The number of phenolic OH excluding ortho intramolecular Hbond substituents is 3. The maximum atomic E-state index is 16.9. The van der Waals surface area contributed by atoms with E-state index < -0.39 is 233 Å². The molecule has 4 aliphatic carbocycles. The Hall–Kier alpha value is -10.4. The summed E-state index contributed by atoms with van der Waals surface area (Å²) >= 11 is 14.6. The van der Waals surface area contributed by atoms with Crippen molar-refractivity contribution < 1.29 is 127 Å². The molecule has 15 bridgehead atoms. The number of nitrogens with two attached hydrogens (primary N) is 1. The number of hydrogen-bond acceptors (Lipinski definition) is 29. The van der Waals surface area contributed by atoms with Crippen LogP contribution in [0.3, 0.4) is 0 Å². The molecule has 6 aromatic carbocycles. The van der Waals surface area contributed by atoms with E-state index >= 15 is 33.6 Å². The second kappa shape index (κ2) is 42.1. The highest BCUT2D eigenvalue weighted by Gasteiger charge is 2.53. The number of Topliss-reactive ketones (excluding diaryl/α,β-unsaturated/α-hetero) is 3. The lowest BCUT2D eigenvalue weighted by Crippen LogP contribution is -2.64. The molecule has 35 nitrogen and oxygen atoms in total. The molecule has 17 rings (SSSR count). The maximum Gasteiger partial charge on any atom is 0.325 e. The van der Waals surface area contributed by atoms with E-state index in [4.69, 9.17) is 66.8 Å². The molecule has 7 heterocycles. The lowest BCUT2D eigenvalue weighted by molar-refractivity contribution is -0.333. The Balaban J connectivity index is 0.952. The molecule has 132 heavy (non-hydrogen) atoms. The number of carbonyl (C=O) groups is 9. The van der Waals surface area contributed by atoms with Crippen LogP contribution in [0.1, 0.15) is 184 Å². The Labute approximate surface area is 772 Å². The summed E-state index contributed by atoms with van der Waals surface area (Å²) in [4.78, 5) is 141. The lowest BCUT2D eigenvalue weighted by atomic mass is 9.51. The third-order valence-corrected chi connectivity index (χ3v) is 27.2. The summed E-state index contributed by atoms with van der Waals surface area (Å²) in [6.07, 6.45) is -15.9. The number of amides is 7. The summed E-state index contributed by atoms with van der Waals surface area (Å²) in [7, 11) is 0. The third kappa shape index (κ3) is 22.0. The van der Waals surface area contributed by atoms with Crippen molar-refractivity contribution >= 4 is 81.8 Å². The van der Waals surface area contributed by atoms with Gasteiger partial charge in [-0.15, -0.1) is 0 Å². The fourth-order valence-corrected chi connectivity index (χ4v) is 20.4. The fraction of sp³-hybridized carbons (Fsp3) is 0.526. The number of likely N-dealkylation sites (N-methyl/N-ethyl adjacent to an activating group) is 2. The first-order chi connectivity index (χ1) is 63.0. The van der Waals surface area contributed by atoms with Crippen molar-refractivity contribution in [2.24, 2.45) is 53.1 Å². The van der Waals surface area contributed by atoms with Gasteiger partial charge < -0.3 is 127 Å². The molecule has 0 aromatic heterocycles. The van der Waals surface area contributed by atoms with E-state index in [9.17, 15) is 55.5 Å². The number of halogens is 2. The molecule has 11 aliphatic rings. The van der Waals surface area contributed by atoms with E-state index in [1.807, 2.05) is 27.7 Å². The molecule has 37 heteroatoms. The number of rotatable bonds is 26. The van der Waals surface area contributed by atoms with E-state index in [-0.39, 0.29) is 123 Å². The van der Waals surface area contributed by atoms with Crippen LogP contribution in [-0.2, 0) is 52.6 Å². The SMILES string of the molecule is CCNCCOc1ccc(OCCNCC)c(NC(=O)NC(=O)C[C@@H]2CC(=O)[C@H](NC(=O)[C@H](CC)CC(C)C)[C@H](O)c3ccc(c(Cl)c3)Oc3cc4cc(c3O[C@@H]3O[C@H](CO)[C@@H](O)[C@H](O)[C@H]3O[C@H]3C[C@](C)(N)[C@H](O)[C@H](C)O3)Oc3ccc(cc3Cl)[C@@H](O)[C@@H]3NC(=O)[C@H](CC(=O)[C@@H]4NC2=O)c2ccc(O)c(c2)-c2c(O)cc(O)cc2[C@@H](C(=O)CC2C4CC5CC(C4)CC2C5)NC3=O)c1. The summed E-state index contributed by atoms with van der Waals surface area (Å²) in [6.45, 7) is 13.8. The minimum Gasteiger partial charge on any atom is -0.508 e. The number of carbonyl (C=O) groups excluding carboxylic acids is 9. The quantitative estimate of drug-likeness (QED) is 0.0227. The number of imide groups is 1. The van der Waals surface area contributed by atoms with Crippen LogP contribution in [-0.4, -0.2) is 212 Å². The van der Waals surface area contributed by atoms with Gasteiger partial charge in [-0.3, -0.25) is 43.7 Å². The van der Waals surface area contributed by atoms with Gasteiger partial charge in [0.1, 0.15) is 108 Å². The van der Waals surface area contributed by atoms with Gasteiger partial charge in [-0.2, -0.15) is 0 Å². The summed E-state index contributed by atoms with van der Waals surface area (Å²) in [6, 6.07) is 10.4. The molecular weight excluding hydrogens is 1750 g/mol. The second-order valence-electron chi connectivity index (χ2n) is 36.6. The van der Waals surface area contributed by atoms with Gasteiger partial charge in [0.15, 0.2) is 41.2 Å². The van der Waals surface area contributed by atoms with E-state index in [0.29, 0.717) is 44.4 Å². The van der Waals surface area contributed by atoms with Crippen LogP contribution in [0.2, 0.25) is 10.0 Å². The number of aliphatic hydroxyl groups is 6. The van der Waals surface area contributed by atoms with Gasteiger partial charge in [0.2, 0.25) is 41.6 Å². The number of urea groups is 1. The van der Waals surface area contributed by atoms with E-state index in [1.54, 1.807) is 19.1 Å². The zero-order chi connectivity index (χ0) is 94.6. The molecule has 2 saturated heterocycles. The summed E-state index contributed by atoms with van der Waals surface area (Å²) in [5, 5.41) is 129. The number of ketones is 3. The van der Waals surface area contributed by atoms with Crippen molar-refractivity contribution in [1.82, 2.24) is 37.2 Å². The van der Waals surface area contributed by atoms with Crippen LogP contribution < -0.4 is 72.0 Å². The van der Waals surface area contributed by atoms with Crippen LogP contribution in [0.5, 0.6) is 57.5 Å². The minimum absolute atomic E-state index is 0.0227. The molecule has 19 N–H and O–H groups in total. The highest BCUT2D eigenvalue weighted by molar-refractivity contribution is 6.32. The van der Waals surface area contributed by atoms with Crippen LogP contribution in [0.25, 0.3) is 11.1 Å². The van der Waals surface area contributed by atoms with Crippen molar-refractivity contribution in [2.75, 3.05) is 51.3 Å². The number of ether oxygens (including phenoxy) is 8. The van der Waals surface area contributed by atoms with Gasteiger partial charge in [0, 0.05) is 79.9 Å². The number of aromatic hydroxyl groups is 3. The number of phenols is 3. The van der Waals surface area contributed by atoms with Gasteiger partial charge >= 0.3 is 6.03 Å². The van der Waals surface area contributed by atoms with Crippen molar-refractivity contribution in [3.05, 3.63) is 135 Å². The Morgan fingerprint density at radius 1 is 0.667 bits per heavy atom. The number of benzene rings is 6. The molecule has 712 valence electrons. The average molecular weight is 1870 g/mol. The first kappa shape index (κ1) is 97.7. The van der Waals surface area contributed by atoms with E-state index in [0.717, 1.165) is 68.5 Å². The molecule has 0 unspecified atom stereocenters. The van der Waals surface area contributed by atoms with E-state index in [2.05, 4.69) is 42.5 Å². The fourth-order valence-electron chi connectivity index (χ4n) is 20.0. The smallest absolute Gasteiger partial charge is 0.325 e. The predicted octanol–water partition coefficient (Wildman–Crippen LogP) is 8.31. The zero-order valence-corrected chi connectivity index (χ0v) is 75.8. The molecule has 18 atom stereocenters. The zero-order valence-electron chi connectivity index (χ0n) is 74.3. The number of anilines is 1. The summed E-state index contributed by atoms with van der Waals surface area (Å²) in [5.74, 6) is -16.2. The normalized spacial score (nSPS) is 29.5. The highest BCUT2D eigenvalue weighted by atomic mass is 35.5. The van der Waals surface area contributed by atoms with Gasteiger partial charge in [-0.05, 0) is 202 Å². The molecule has 7 aliphatic heterocycles.